The molecule has 0 radical (unpaired) electrons. The second-order valence-corrected chi connectivity index (χ2v) is 1.30. The predicted molar refractivity (Wildman–Crippen MR) is 4.01 cm³/mol. The molecule has 0 bridgehead atoms. The molecule has 0 unspecified atom stereocenters. The van der Waals surface area contributed by atoms with E-state index in [0.29, 0.717) is 0 Å². The molecule has 35 valence electrons. The second-order valence-electron chi connectivity index (χ2n) is 0.315. The van der Waals surface area contributed by atoms with Gasteiger partial charge in [-0.3, -0.25) is 0 Å². The monoisotopic (exact) mass is 129 g/mol. The number of rotatable bonds is 0. The summed E-state index contributed by atoms with van der Waals surface area (Å²) in [5.74, 6) is 0. The van der Waals surface area contributed by atoms with Crippen LogP contribution < -0.4 is 0 Å². The van der Waals surface area contributed by atoms with Crippen LogP contribution >= 0.6 is 0 Å². The molecule has 0 saturated carbocycles. The van der Waals surface area contributed by atoms with Gasteiger partial charge >= 0.3 is 28.6 Å². The molecule has 0 rings (SSSR count). The summed E-state index contributed by atoms with van der Waals surface area (Å²) in [6.45, 7) is 0. The summed E-state index contributed by atoms with van der Waals surface area (Å²) in [4.78, 5) is 0. The van der Waals surface area contributed by atoms with E-state index >= 15 is 0 Å². The molecule has 5 heteroatoms. The van der Waals surface area contributed by atoms with Crippen molar-refractivity contribution in [3.63, 3.8) is 0 Å². The van der Waals surface area contributed by atoms with Crippen LogP contribution in [0.4, 0.5) is 10.7 Å². The summed E-state index contributed by atoms with van der Waals surface area (Å²) in [6.07, 6.45) is 0. The van der Waals surface area contributed by atoms with Gasteiger partial charge in [0.1, 0.15) is 0 Å². The van der Waals surface area contributed by atoms with Crippen molar-refractivity contribution >= 4 is 0 Å². The Balaban J connectivity index is 3.47. The average molecular weight is 129 g/mol. The molecule has 0 spiro atoms. The van der Waals surface area contributed by atoms with Crippen LogP contribution in [0.15, 0.2) is 0 Å². The zero-order valence-electron chi connectivity index (χ0n) is 1.90. The molecule has 0 atom stereocenters. The van der Waals surface area contributed by atoms with E-state index in [0.717, 1.165) is 0 Å². The summed E-state index contributed by atoms with van der Waals surface area (Å²) < 4.78 is 38.0. The van der Waals surface area contributed by atoms with Crippen LogP contribution in [-0.4, -0.2) is 0 Å². The fourth-order valence-corrected chi connectivity index (χ4v) is 0. The van der Waals surface area contributed by atoms with Crippen LogP contribution in [0.5, 0.6) is 0 Å². The summed E-state index contributed by atoms with van der Waals surface area (Å²) in [5, 5.41) is 0. The SMILES string of the molecule is [O]=[Fe]([F])([F])[F]. The molecule has 0 amide bonds. The maximum absolute atomic E-state index is 9.92. The molecule has 0 aliphatic heterocycles. The molecular weight excluding hydrogens is 129 g/mol. The van der Waals surface area contributed by atoms with E-state index in [1.54, 1.807) is 0 Å². The van der Waals surface area contributed by atoms with E-state index in [1.165, 1.54) is 0 Å². The molecule has 0 aromatic carbocycles. The Labute approximate surface area is 29.6 Å². The third-order valence-electron chi connectivity index (χ3n) is 0. The van der Waals surface area contributed by atoms with Crippen molar-refractivity contribution in [3.05, 3.63) is 0 Å². The second kappa shape index (κ2) is 1.06. The Morgan fingerprint density at radius 3 is 1.20 bits per heavy atom. The van der Waals surface area contributed by atoms with Gasteiger partial charge in [-0.25, -0.2) is 0 Å². The quantitative estimate of drug-likeness (QED) is 0.448. The van der Waals surface area contributed by atoms with Gasteiger partial charge in [0.25, 0.3) is 0 Å². The third kappa shape index (κ3) is 1530. The van der Waals surface area contributed by atoms with E-state index in [-0.39, 0.29) is 0 Å². The first-order valence-corrected chi connectivity index (χ1v) is 2.25. The summed E-state index contributed by atoms with van der Waals surface area (Å²) in [6, 6.07) is 0. The molecule has 5 heavy (non-hydrogen) atoms. The molecular formula is F3FeO. The third-order valence-corrected chi connectivity index (χ3v) is 0. The summed E-state index contributed by atoms with van der Waals surface area (Å²) in [7, 11) is 0. The van der Waals surface area contributed by atoms with Crippen LogP contribution in [-0.2, 0) is 18.0 Å². The van der Waals surface area contributed by atoms with E-state index in [4.69, 9.17) is 3.83 Å². The van der Waals surface area contributed by atoms with Crippen LogP contribution in [0.3, 0.4) is 0 Å². The Kier molecular flexibility index (Phi) is 1.09. The van der Waals surface area contributed by atoms with Crippen molar-refractivity contribution < 1.29 is 28.6 Å². The van der Waals surface area contributed by atoms with Gasteiger partial charge in [0, 0.05) is 0 Å². The minimum absolute atomic E-state index is 6.25. The number of hydrogen-bond acceptors (Lipinski definition) is 1. The van der Waals surface area contributed by atoms with Crippen LogP contribution in [0, 0.1) is 0 Å². The average Bonchev–Trinajstić information content (AvgIpc) is 0.722. The van der Waals surface area contributed by atoms with Crippen LogP contribution in [0.2, 0.25) is 0 Å². The van der Waals surface area contributed by atoms with Gasteiger partial charge in [0.05, 0.1) is 0 Å². The normalized spacial score (nSPS) is 15.0. The van der Waals surface area contributed by atoms with Crippen LogP contribution in [0.1, 0.15) is 0 Å². The number of halogens is 3. The molecule has 0 aromatic heterocycles. The van der Waals surface area contributed by atoms with Gasteiger partial charge in [-0.05, 0) is 0 Å². The summed E-state index contributed by atoms with van der Waals surface area (Å²) in [5.41, 5.74) is 0. The fourth-order valence-electron chi connectivity index (χ4n) is 0. The van der Waals surface area contributed by atoms with Crippen molar-refractivity contribution in [1.29, 1.82) is 0 Å². The Morgan fingerprint density at radius 2 is 1.20 bits per heavy atom. The van der Waals surface area contributed by atoms with Gasteiger partial charge in [-0.2, -0.15) is 0 Å². The van der Waals surface area contributed by atoms with Gasteiger partial charge in [0.15, 0.2) is 0 Å². The molecule has 0 aromatic rings. The van der Waals surface area contributed by atoms with Crippen LogP contribution in [0.25, 0.3) is 0 Å². The Hall–Kier alpha value is 0.109. The van der Waals surface area contributed by atoms with Crippen molar-refractivity contribution in [2.45, 2.75) is 0 Å². The standard InChI is InChI=1S/3FH.Fe.O/h3*1H;;/q;;;+3;/p-3. The minimum atomic E-state index is -6.25. The Bertz CT molecular complexity index is 53.0. The molecule has 0 aliphatic carbocycles. The van der Waals surface area contributed by atoms with Crippen molar-refractivity contribution in [3.8, 4) is 0 Å². The van der Waals surface area contributed by atoms with E-state index in [9.17, 15) is 10.7 Å². The Morgan fingerprint density at radius 1 is 1.20 bits per heavy atom. The van der Waals surface area contributed by atoms with E-state index < -0.39 is 14.1 Å². The fraction of sp³-hybridized carbons (Fsp3) is 0. The number of hydrogen-bond donors (Lipinski definition) is 0. The topological polar surface area (TPSA) is 17.1 Å². The van der Waals surface area contributed by atoms with E-state index in [2.05, 4.69) is 0 Å². The first-order chi connectivity index (χ1) is 2.00. The molecule has 0 aliphatic rings. The molecule has 0 heterocycles. The van der Waals surface area contributed by atoms with Gasteiger partial charge in [-0.1, -0.05) is 0 Å². The van der Waals surface area contributed by atoms with Crippen molar-refractivity contribution in [2.75, 3.05) is 0 Å². The van der Waals surface area contributed by atoms with Gasteiger partial charge in [-0.15, -0.1) is 0 Å². The zero-order chi connectivity index (χ0) is 4.50. The zero-order valence-corrected chi connectivity index (χ0v) is 3.00. The molecule has 0 N–H and O–H groups in total. The van der Waals surface area contributed by atoms with E-state index in [1.807, 2.05) is 0 Å². The predicted octanol–water partition coefficient (Wildman–Crippen LogP) is 1.14. The summed E-state index contributed by atoms with van der Waals surface area (Å²) >= 11 is -6.25. The molecule has 1 nitrogen and oxygen atoms in total. The molecule has 0 fully saturated rings. The van der Waals surface area contributed by atoms with Gasteiger partial charge < -0.3 is 0 Å². The molecule has 0 saturated heterocycles. The first kappa shape index (κ1) is 5.11. The first-order valence-electron chi connectivity index (χ1n) is 0.545. The maximum atomic E-state index is 9.92. The van der Waals surface area contributed by atoms with Crippen molar-refractivity contribution in [1.82, 2.24) is 0 Å². The van der Waals surface area contributed by atoms with Gasteiger partial charge in [0.2, 0.25) is 0 Å². The van der Waals surface area contributed by atoms with Crippen molar-refractivity contribution in [2.24, 2.45) is 0 Å².